The molecule has 6 atom stereocenters. The fourth-order valence-electron chi connectivity index (χ4n) is 5.31. The molecule has 2 saturated heterocycles. The summed E-state index contributed by atoms with van der Waals surface area (Å²) < 4.78 is 0. The number of rotatable bonds is 13. The normalized spacial score (nSPS) is 21.4. The van der Waals surface area contributed by atoms with Crippen LogP contribution in [0.5, 0.6) is 5.75 Å². The number of aliphatic hydroxyl groups excluding tert-OH is 1. The van der Waals surface area contributed by atoms with Crippen LogP contribution in [0.2, 0.25) is 0 Å². The van der Waals surface area contributed by atoms with Crippen molar-refractivity contribution in [3.05, 3.63) is 29.8 Å². The molecule has 2 fully saturated rings. The Bertz CT molecular complexity index is 1310. The Kier molecular flexibility index (Phi) is 11.8. The minimum absolute atomic E-state index is 0.0715. The predicted molar refractivity (Wildman–Crippen MR) is 155 cm³/mol. The number of nitrogens with zero attached hydrogens (tertiary/aromatic N) is 2. The van der Waals surface area contributed by atoms with Crippen LogP contribution in [0.3, 0.4) is 0 Å². The number of phenols is 1. The predicted octanol–water partition coefficient (Wildman–Crippen LogP) is -3.72. The first-order valence-electron chi connectivity index (χ1n) is 14.4. The summed E-state index contributed by atoms with van der Waals surface area (Å²) in [6, 6.07) is 0.435. The smallest absolute Gasteiger partial charge is 0.326 e. The van der Waals surface area contributed by atoms with Crippen LogP contribution in [0.1, 0.15) is 38.2 Å². The summed E-state index contributed by atoms with van der Waals surface area (Å²) in [5.41, 5.74) is 11.9. The highest BCUT2D eigenvalue weighted by molar-refractivity contribution is 5.96. The Morgan fingerprint density at radius 3 is 2.31 bits per heavy atom. The lowest BCUT2D eigenvalue weighted by molar-refractivity contribution is -0.147. The lowest BCUT2D eigenvalue weighted by atomic mass is 10.0. The molecular formula is C28H39N7O10. The van der Waals surface area contributed by atoms with Crippen LogP contribution in [-0.4, -0.2) is 122 Å². The molecule has 246 valence electrons. The topological polar surface area (TPSA) is 275 Å². The second kappa shape index (κ2) is 15.3. The molecule has 0 radical (unpaired) electrons. The van der Waals surface area contributed by atoms with E-state index >= 15 is 0 Å². The summed E-state index contributed by atoms with van der Waals surface area (Å²) in [7, 11) is 0. The zero-order valence-corrected chi connectivity index (χ0v) is 24.7. The van der Waals surface area contributed by atoms with Crippen molar-refractivity contribution in [1.82, 2.24) is 25.8 Å². The molecule has 0 unspecified atom stereocenters. The van der Waals surface area contributed by atoms with E-state index in [4.69, 9.17) is 16.6 Å². The highest BCUT2D eigenvalue weighted by atomic mass is 16.4. The maximum absolute atomic E-state index is 13.6. The van der Waals surface area contributed by atoms with E-state index in [0.717, 1.165) is 5.56 Å². The van der Waals surface area contributed by atoms with E-state index < -0.39 is 90.7 Å². The van der Waals surface area contributed by atoms with Gasteiger partial charge >= 0.3 is 5.97 Å². The van der Waals surface area contributed by atoms with Gasteiger partial charge in [-0.2, -0.15) is 0 Å². The highest BCUT2D eigenvalue weighted by Crippen LogP contribution is 2.26. The third-order valence-electron chi connectivity index (χ3n) is 7.61. The maximum Gasteiger partial charge on any atom is 0.326 e. The molecule has 1 aromatic rings. The highest BCUT2D eigenvalue weighted by Gasteiger charge is 2.45. The second-order valence-corrected chi connectivity index (χ2v) is 11.1. The molecule has 6 amide bonds. The molecule has 2 aliphatic heterocycles. The molecule has 2 aliphatic rings. The average Bonchev–Trinajstić information content (AvgIpc) is 3.62. The van der Waals surface area contributed by atoms with Crippen LogP contribution in [-0.2, 0) is 40.0 Å². The van der Waals surface area contributed by atoms with Gasteiger partial charge in [-0.3, -0.25) is 28.8 Å². The Balaban J connectivity index is 1.56. The number of carboxylic acid groups (broad SMARTS) is 1. The number of amides is 6. The third-order valence-corrected chi connectivity index (χ3v) is 7.61. The number of benzene rings is 1. The van der Waals surface area contributed by atoms with Crippen LogP contribution >= 0.6 is 0 Å². The Morgan fingerprint density at radius 2 is 1.69 bits per heavy atom. The molecule has 3 rings (SSSR count). The van der Waals surface area contributed by atoms with Gasteiger partial charge in [0.05, 0.1) is 25.1 Å². The average molecular weight is 634 g/mol. The largest absolute Gasteiger partial charge is 0.508 e. The monoisotopic (exact) mass is 633 g/mol. The number of carbonyl (C=O) groups excluding carboxylic acids is 6. The fraction of sp³-hybridized carbons (Fsp3) is 0.536. The summed E-state index contributed by atoms with van der Waals surface area (Å²) in [6.45, 7) is 0.786. The van der Waals surface area contributed by atoms with Gasteiger partial charge in [0.25, 0.3) is 0 Å². The number of hydrogen-bond donors (Lipinski definition) is 8. The van der Waals surface area contributed by atoms with Crippen LogP contribution < -0.4 is 27.4 Å². The Morgan fingerprint density at radius 1 is 1.02 bits per heavy atom. The quantitative estimate of drug-likeness (QED) is 0.105. The molecule has 0 aromatic heterocycles. The van der Waals surface area contributed by atoms with Crippen molar-refractivity contribution in [2.24, 2.45) is 11.5 Å². The Hall–Kier alpha value is -4.77. The van der Waals surface area contributed by atoms with Gasteiger partial charge in [0.2, 0.25) is 35.4 Å². The van der Waals surface area contributed by atoms with Crippen molar-refractivity contribution in [2.45, 2.75) is 75.3 Å². The van der Waals surface area contributed by atoms with Crippen molar-refractivity contribution in [3.63, 3.8) is 0 Å². The number of primary amides is 1. The minimum Gasteiger partial charge on any atom is -0.508 e. The van der Waals surface area contributed by atoms with E-state index in [-0.39, 0.29) is 31.7 Å². The van der Waals surface area contributed by atoms with Gasteiger partial charge in [0, 0.05) is 19.5 Å². The van der Waals surface area contributed by atoms with Crippen LogP contribution in [0.15, 0.2) is 24.3 Å². The number of β-amino-alcohol motifs (C(OH)–C–C–N with tert-alkyl or cyclic N) is 1. The summed E-state index contributed by atoms with van der Waals surface area (Å²) >= 11 is 0. The second-order valence-electron chi connectivity index (χ2n) is 11.1. The summed E-state index contributed by atoms with van der Waals surface area (Å²) in [5, 5.41) is 35.6. The molecule has 0 saturated carbocycles. The van der Waals surface area contributed by atoms with E-state index in [1.807, 2.05) is 0 Å². The van der Waals surface area contributed by atoms with Crippen LogP contribution in [0.4, 0.5) is 0 Å². The molecule has 0 aliphatic carbocycles. The van der Waals surface area contributed by atoms with Gasteiger partial charge in [-0.15, -0.1) is 0 Å². The molecule has 10 N–H and O–H groups in total. The number of aromatic hydroxyl groups is 1. The number of nitrogens with two attached hydrogens (primary N) is 2. The molecule has 2 heterocycles. The van der Waals surface area contributed by atoms with Gasteiger partial charge in [0.15, 0.2) is 0 Å². The lowest BCUT2D eigenvalue weighted by Gasteiger charge is -2.32. The number of carbonyl (C=O) groups is 7. The summed E-state index contributed by atoms with van der Waals surface area (Å²) in [6.07, 6.45) is -0.730. The molecule has 45 heavy (non-hydrogen) atoms. The lowest BCUT2D eigenvalue weighted by Crippen LogP contribution is -2.56. The molecule has 17 nitrogen and oxygen atoms in total. The maximum atomic E-state index is 13.6. The third kappa shape index (κ3) is 9.36. The number of phenolic OH excluding ortho intramolecular Hbond substituents is 1. The minimum atomic E-state index is -1.59. The van der Waals surface area contributed by atoms with Crippen molar-refractivity contribution >= 4 is 41.4 Å². The van der Waals surface area contributed by atoms with E-state index in [1.54, 1.807) is 12.1 Å². The van der Waals surface area contributed by atoms with Crippen LogP contribution in [0, 0.1) is 0 Å². The molecular weight excluding hydrogens is 594 g/mol. The van der Waals surface area contributed by atoms with Crippen LogP contribution in [0.25, 0.3) is 0 Å². The number of aliphatic hydroxyl groups is 1. The van der Waals surface area contributed by atoms with Gasteiger partial charge in [-0.1, -0.05) is 12.1 Å². The number of likely N-dealkylation sites (tertiary alicyclic amines) is 2. The number of nitrogens with one attached hydrogen (secondary N) is 3. The number of hydrogen-bond acceptors (Lipinski definition) is 10. The zero-order chi connectivity index (χ0) is 33.4. The first-order chi connectivity index (χ1) is 21.2. The molecule has 17 heteroatoms. The summed E-state index contributed by atoms with van der Waals surface area (Å²) in [5.74, 6) is -5.80. The van der Waals surface area contributed by atoms with Crippen molar-refractivity contribution in [1.29, 1.82) is 0 Å². The zero-order valence-electron chi connectivity index (χ0n) is 24.7. The van der Waals surface area contributed by atoms with Crippen molar-refractivity contribution in [2.75, 3.05) is 19.6 Å². The van der Waals surface area contributed by atoms with E-state index in [9.17, 15) is 43.8 Å². The molecule has 0 bridgehead atoms. The van der Waals surface area contributed by atoms with Gasteiger partial charge in [0.1, 0.15) is 29.9 Å². The SMILES string of the molecule is C[C@H](NC(=O)CNC(=O)[C@@H]1C[C@@H](O)CN1C(=O)[C@@H]1CCCN1C(=O)[C@@H](N)Cc1ccc(O)cc1)C(=O)N[C@@H](CC(N)=O)C(=O)O. The first-order valence-corrected chi connectivity index (χ1v) is 14.4. The number of carboxylic acids is 1. The standard InChI is InChI=1S/C28H39N7O10/c1-14(24(40)33-19(28(44)45)11-22(30)38)32-23(39)12-31-25(41)21-10-17(37)13-35(21)27(43)20-3-2-8-34(20)26(42)18(29)9-15-4-6-16(36)7-5-15/h4-7,14,17-21,36-37H,2-3,8-13,29H2,1H3,(H2,30,38)(H,31,41)(H,32,39)(H,33,40)(H,44,45)/t14-,17+,18-,19-,20-,21-/m0/s1. The molecule has 0 spiro atoms. The van der Waals surface area contributed by atoms with E-state index in [0.29, 0.717) is 12.8 Å². The van der Waals surface area contributed by atoms with Crippen molar-refractivity contribution < 1.29 is 48.9 Å². The Labute approximate surface area is 258 Å². The van der Waals surface area contributed by atoms with Crippen molar-refractivity contribution in [3.8, 4) is 5.75 Å². The first kappa shape index (κ1) is 34.7. The van der Waals surface area contributed by atoms with E-state index in [1.165, 1.54) is 28.9 Å². The number of aliphatic carboxylic acids is 1. The fourth-order valence-corrected chi connectivity index (χ4v) is 5.31. The van der Waals surface area contributed by atoms with Gasteiger partial charge in [-0.05, 0) is 43.9 Å². The van der Waals surface area contributed by atoms with E-state index in [2.05, 4.69) is 16.0 Å². The van der Waals surface area contributed by atoms with Gasteiger partial charge < -0.3 is 52.5 Å². The van der Waals surface area contributed by atoms with Gasteiger partial charge in [-0.25, -0.2) is 4.79 Å². The molecule has 1 aromatic carbocycles. The summed E-state index contributed by atoms with van der Waals surface area (Å²) in [4.78, 5) is 89.3.